The van der Waals surface area contributed by atoms with E-state index in [0.29, 0.717) is 36.7 Å². The zero-order valence-electron chi connectivity index (χ0n) is 24.5. The fraction of sp³-hybridized carbons (Fsp3) is 0.483. The van der Waals surface area contributed by atoms with E-state index in [4.69, 9.17) is 4.74 Å². The molecule has 3 N–H and O–H groups in total. The highest BCUT2D eigenvalue weighted by molar-refractivity contribution is 5.92. The molecule has 40 heavy (non-hydrogen) atoms. The summed E-state index contributed by atoms with van der Waals surface area (Å²) in [6.07, 6.45) is 5.17. The van der Waals surface area contributed by atoms with Gasteiger partial charge in [0.25, 0.3) is 0 Å². The SMILES string of the molecule is CCCNc1nc(Nc2cccc3cnn(C)c23)ncc1C#CCCCNC(=O)[C@H](C)N(C)C(=O)OC(C)(C)C. The molecule has 2 aromatic heterocycles. The van der Waals surface area contributed by atoms with Crippen molar-refractivity contribution in [2.75, 3.05) is 30.8 Å². The zero-order chi connectivity index (χ0) is 29.3. The van der Waals surface area contributed by atoms with Crippen molar-refractivity contribution in [1.29, 1.82) is 0 Å². The van der Waals surface area contributed by atoms with Crippen molar-refractivity contribution in [3.05, 3.63) is 36.2 Å². The maximum Gasteiger partial charge on any atom is 0.410 e. The van der Waals surface area contributed by atoms with Crippen LogP contribution in [0.15, 0.2) is 30.6 Å². The summed E-state index contributed by atoms with van der Waals surface area (Å²) in [7, 11) is 3.45. The predicted molar refractivity (Wildman–Crippen MR) is 157 cm³/mol. The lowest BCUT2D eigenvalue weighted by Gasteiger charge is -2.28. The van der Waals surface area contributed by atoms with E-state index in [9.17, 15) is 9.59 Å². The van der Waals surface area contributed by atoms with Gasteiger partial charge in [0.2, 0.25) is 11.9 Å². The molecule has 2 amide bonds. The largest absolute Gasteiger partial charge is 0.444 e. The predicted octanol–water partition coefficient (Wildman–Crippen LogP) is 4.43. The van der Waals surface area contributed by atoms with E-state index >= 15 is 0 Å². The topological polar surface area (TPSA) is 126 Å². The Morgan fingerprint density at radius 1 is 1.20 bits per heavy atom. The van der Waals surface area contributed by atoms with E-state index in [1.807, 2.05) is 36.1 Å². The lowest BCUT2D eigenvalue weighted by Crippen LogP contribution is -2.47. The number of amides is 2. The Balaban J connectivity index is 1.57. The van der Waals surface area contributed by atoms with Crippen molar-refractivity contribution in [2.24, 2.45) is 7.05 Å². The van der Waals surface area contributed by atoms with Crippen LogP contribution in [0.2, 0.25) is 0 Å². The van der Waals surface area contributed by atoms with Gasteiger partial charge >= 0.3 is 6.09 Å². The van der Waals surface area contributed by atoms with Gasteiger partial charge in [-0.1, -0.05) is 30.9 Å². The second kappa shape index (κ2) is 13.6. The van der Waals surface area contributed by atoms with Crippen molar-refractivity contribution in [1.82, 2.24) is 30.0 Å². The average molecular weight is 549 g/mol. The molecule has 0 aliphatic carbocycles. The van der Waals surface area contributed by atoms with Gasteiger partial charge in [-0.25, -0.2) is 9.78 Å². The van der Waals surface area contributed by atoms with Gasteiger partial charge in [-0.15, -0.1) is 0 Å². The van der Waals surface area contributed by atoms with Crippen molar-refractivity contribution < 1.29 is 14.3 Å². The number of carbonyl (C=O) groups is 2. The van der Waals surface area contributed by atoms with Gasteiger partial charge in [0.05, 0.1) is 29.2 Å². The molecule has 0 unspecified atom stereocenters. The maximum atomic E-state index is 12.5. The monoisotopic (exact) mass is 548 g/mol. The van der Waals surface area contributed by atoms with Crippen LogP contribution >= 0.6 is 0 Å². The first-order valence-corrected chi connectivity index (χ1v) is 13.5. The molecule has 3 rings (SSSR count). The minimum Gasteiger partial charge on any atom is -0.444 e. The molecule has 1 aromatic carbocycles. The van der Waals surface area contributed by atoms with Crippen LogP contribution in [-0.2, 0) is 16.6 Å². The molecular formula is C29H40N8O3. The van der Waals surface area contributed by atoms with Crippen LogP contribution in [-0.4, -0.2) is 68.4 Å². The third-order valence-corrected chi connectivity index (χ3v) is 5.98. The number of nitrogens with zero attached hydrogens (tertiary/aromatic N) is 5. The molecule has 0 saturated heterocycles. The van der Waals surface area contributed by atoms with E-state index in [-0.39, 0.29) is 5.91 Å². The molecule has 0 radical (unpaired) electrons. The molecule has 11 heteroatoms. The van der Waals surface area contributed by atoms with E-state index in [1.54, 1.807) is 40.9 Å². The highest BCUT2D eigenvalue weighted by atomic mass is 16.6. The van der Waals surface area contributed by atoms with E-state index in [1.165, 1.54) is 4.90 Å². The quantitative estimate of drug-likeness (QED) is 0.251. The summed E-state index contributed by atoms with van der Waals surface area (Å²) >= 11 is 0. The Morgan fingerprint density at radius 3 is 2.70 bits per heavy atom. The van der Waals surface area contributed by atoms with Crippen LogP contribution < -0.4 is 16.0 Å². The Morgan fingerprint density at radius 2 is 1.98 bits per heavy atom. The first-order valence-electron chi connectivity index (χ1n) is 13.5. The van der Waals surface area contributed by atoms with E-state index in [0.717, 1.165) is 29.6 Å². The smallest absolute Gasteiger partial charge is 0.410 e. The Bertz CT molecular complexity index is 1380. The second-order valence-electron chi connectivity index (χ2n) is 10.5. The molecule has 0 fully saturated rings. The summed E-state index contributed by atoms with van der Waals surface area (Å²) < 4.78 is 7.14. The van der Waals surface area contributed by atoms with E-state index in [2.05, 4.69) is 49.8 Å². The van der Waals surface area contributed by atoms with Crippen LogP contribution in [0, 0.1) is 11.8 Å². The number of nitrogens with one attached hydrogen (secondary N) is 3. The number of likely N-dealkylation sites (N-methyl/N-ethyl adjacent to an activating group) is 1. The molecule has 2 heterocycles. The average Bonchev–Trinajstić information content (AvgIpc) is 3.29. The van der Waals surface area contributed by atoms with Crippen LogP contribution in [0.3, 0.4) is 0 Å². The maximum absolute atomic E-state index is 12.5. The second-order valence-corrected chi connectivity index (χ2v) is 10.5. The summed E-state index contributed by atoms with van der Waals surface area (Å²) in [6.45, 7) is 10.3. The number of carbonyl (C=O) groups excluding carboxylic acids is 2. The molecule has 0 aliphatic rings. The number of fused-ring (bicyclic) bond motifs is 1. The molecule has 214 valence electrons. The van der Waals surface area contributed by atoms with Crippen molar-refractivity contribution in [3.8, 4) is 11.8 Å². The molecule has 1 atom stereocenters. The third-order valence-electron chi connectivity index (χ3n) is 5.98. The number of hydrogen-bond acceptors (Lipinski definition) is 8. The highest BCUT2D eigenvalue weighted by Gasteiger charge is 2.26. The fourth-order valence-corrected chi connectivity index (χ4v) is 3.73. The van der Waals surface area contributed by atoms with Gasteiger partial charge in [0.1, 0.15) is 17.5 Å². The van der Waals surface area contributed by atoms with Gasteiger partial charge in [-0.2, -0.15) is 10.1 Å². The summed E-state index contributed by atoms with van der Waals surface area (Å²) in [6, 6.07) is 5.29. The molecule has 0 saturated carbocycles. The first kappa shape index (κ1) is 30.2. The van der Waals surface area contributed by atoms with Crippen LogP contribution in [0.5, 0.6) is 0 Å². The number of hydrogen-bond donors (Lipinski definition) is 3. The van der Waals surface area contributed by atoms with Gasteiger partial charge in [-0.3, -0.25) is 14.4 Å². The fourth-order valence-electron chi connectivity index (χ4n) is 3.73. The number of aryl methyl sites for hydroxylation is 1. The van der Waals surface area contributed by atoms with Crippen LogP contribution in [0.4, 0.5) is 22.2 Å². The normalized spacial score (nSPS) is 11.8. The van der Waals surface area contributed by atoms with Crippen LogP contribution in [0.25, 0.3) is 10.9 Å². The number of anilines is 3. The summed E-state index contributed by atoms with van der Waals surface area (Å²) in [5.74, 6) is 7.18. The Hall–Kier alpha value is -4.33. The number of aromatic nitrogens is 4. The molecule has 0 aliphatic heterocycles. The third kappa shape index (κ3) is 8.33. The minimum atomic E-state index is -0.651. The van der Waals surface area contributed by atoms with Gasteiger partial charge in [-0.05, 0) is 46.6 Å². The lowest BCUT2D eigenvalue weighted by atomic mass is 10.2. The summed E-state index contributed by atoms with van der Waals surface area (Å²) in [4.78, 5) is 35.1. The molecule has 0 bridgehead atoms. The summed E-state index contributed by atoms with van der Waals surface area (Å²) in [5, 5.41) is 14.9. The van der Waals surface area contributed by atoms with Crippen molar-refractivity contribution >= 4 is 40.4 Å². The molecule has 3 aromatic rings. The van der Waals surface area contributed by atoms with Crippen LogP contribution in [0.1, 0.15) is 59.4 Å². The lowest BCUT2D eigenvalue weighted by molar-refractivity contribution is -0.125. The van der Waals surface area contributed by atoms with Crippen molar-refractivity contribution in [3.63, 3.8) is 0 Å². The molecule has 11 nitrogen and oxygen atoms in total. The number of rotatable bonds is 10. The number of ether oxygens (including phenoxy) is 1. The van der Waals surface area contributed by atoms with Gasteiger partial charge in [0, 0.05) is 39.0 Å². The Labute approximate surface area is 236 Å². The van der Waals surface area contributed by atoms with Gasteiger partial charge < -0.3 is 20.7 Å². The molecular weight excluding hydrogens is 508 g/mol. The number of benzene rings is 1. The molecule has 0 spiro atoms. The van der Waals surface area contributed by atoms with E-state index < -0.39 is 17.7 Å². The minimum absolute atomic E-state index is 0.245. The van der Waals surface area contributed by atoms with Crippen molar-refractivity contribution in [2.45, 2.75) is 65.5 Å². The highest BCUT2D eigenvalue weighted by Crippen LogP contribution is 2.25. The number of para-hydroxylation sites is 1. The number of unbranched alkanes of at least 4 members (excludes halogenated alkanes) is 1. The summed E-state index contributed by atoms with van der Waals surface area (Å²) in [5.41, 5.74) is 1.92. The first-order chi connectivity index (χ1) is 19.0. The van der Waals surface area contributed by atoms with Gasteiger partial charge in [0.15, 0.2) is 0 Å². The zero-order valence-corrected chi connectivity index (χ0v) is 24.5. The Kier molecular flexibility index (Phi) is 10.3. The standard InChI is InChI=1S/C29H40N8O3/c1-8-16-30-25-22(18-32-27(35-25)34-23-15-12-14-21-19-33-37(7)24(21)23)13-10-9-11-17-31-26(38)20(2)36(6)28(39)40-29(3,4)5/h12,14-15,18-20H,8-9,11,16-17H2,1-7H3,(H,31,38)(H2,30,32,34,35)/t20-/m0/s1.